The standard InChI is InChI=1S/C7H13ClN2O/c8-3-5-10-4-1-2-6(10)7(9)11/h6H,1-5H2,(H2,9,11). The van der Waals surface area contributed by atoms with E-state index in [4.69, 9.17) is 17.3 Å². The second-order valence-electron chi connectivity index (χ2n) is 2.79. The van der Waals surface area contributed by atoms with E-state index < -0.39 is 0 Å². The van der Waals surface area contributed by atoms with E-state index in [0.717, 1.165) is 25.9 Å². The average molecular weight is 177 g/mol. The molecule has 0 radical (unpaired) electrons. The molecule has 0 aromatic rings. The summed E-state index contributed by atoms with van der Waals surface area (Å²) in [6, 6.07) is -0.0613. The van der Waals surface area contributed by atoms with Crippen molar-refractivity contribution in [1.29, 1.82) is 0 Å². The van der Waals surface area contributed by atoms with E-state index in [1.807, 2.05) is 0 Å². The smallest absolute Gasteiger partial charge is 0.234 e. The lowest BCUT2D eigenvalue weighted by molar-refractivity contribution is -0.122. The lowest BCUT2D eigenvalue weighted by atomic mass is 10.2. The minimum absolute atomic E-state index is 0.0613. The van der Waals surface area contributed by atoms with E-state index in [9.17, 15) is 4.79 Å². The first kappa shape index (κ1) is 8.81. The van der Waals surface area contributed by atoms with Gasteiger partial charge in [0.15, 0.2) is 0 Å². The zero-order chi connectivity index (χ0) is 8.27. The largest absolute Gasteiger partial charge is 0.368 e. The summed E-state index contributed by atoms with van der Waals surface area (Å²) in [6.45, 7) is 1.73. The number of carbonyl (C=O) groups excluding carboxylic acids is 1. The summed E-state index contributed by atoms with van der Waals surface area (Å²) in [5.41, 5.74) is 5.19. The Morgan fingerprint density at radius 3 is 3.00 bits per heavy atom. The van der Waals surface area contributed by atoms with E-state index in [1.165, 1.54) is 0 Å². The van der Waals surface area contributed by atoms with E-state index >= 15 is 0 Å². The van der Waals surface area contributed by atoms with Crippen molar-refractivity contribution in [1.82, 2.24) is 4.90 Å². The predicted molar refractivity (Wildman–Crippen MR) is 44.5 cm³/mol. The second-order valence-corrected chi connectivity index (χ2v) is 3.16. The molecule has 4 heteroatoms. The lowest BCUT2D eigenvalue weighted by Crippen LogP contribution is -2.41. The number of amides is 1. The number of carbonyl (C=O) groups is 1. The summed E-state index contributed by atoms with van der Waals surface area (Å²) in [5.74, 6) is 0.358. The summed E-state index contributed by atoms with van der Waals surface area (Å²) in [7, 11) is 0. The van der Waals surface area contributed by atoms with Crippen LogP contribution in [0.4, 0.5) is 0 Å². The number of hydrogen-bond donors (Lipinski definition) is 1. The third-order valence-corrected chi connectivity index (χ3v) is 2.23. The van der Waals surface area contributed by atoms with Crippen molar-refractivity contribution in [2.24, 2.45) is 5.73 Å². The SMILES string of the molecule is NC(=O)C1CCCN1CCCl. The van der Waals surface area contributed by atoms with Gasteiger partial charge in [-0.15, -0.1) is 11.6 Å². The molecule has 64 valence electrons. The highest BCUT2D eigenvalue weighted by Gasteiger charge is 2.27. The van der Waals surface area contributed by atoms with E-state index in [1.54, 1.807) is 0 Å². The van der Waals surface area contributed by atoms with Gasteiger partial charge in [0.2, 0.25) is 5.91 Å². The number of halogens is 1. The summed E-state index contributed by atoms with van der Waals surface area (Å²) in [4.78, 5) is 12.9. The molecule has 0 aromatic carbocycles. The Kier molecular flexibility index (Phi) is 3.15. The molecule has 2 N–H and O–H groups in total. The maximum Gasteiger partial charge on any atom is 0.234 e. The quantitative estimate of drug-likeness (QED) is 0.624. The van der Waals surface area contributed by atoms with Crippen LogP contribution in [0.3, 0.4) is 0 Å². The van der Waals surface area contributed by atoms with Crippen LogP contribution in [-0.4, -0.2) is 35.8 Å². The van der Waals surface area contributed by atoms with Gasteiger partial charge in [-0.05, 0) is 19.4 Å². The predicted octanol–water partition coefficient (Wildman–Crippen LogP) is 0.175. The van der Waals surface area contributed by atoms with Gasteiger partial charge in [0, 0.05) is 12.4 Å². The molecule has 11 heavy (non-hydrogen) atoms. The normalized spacial score (nSPS) is 25.7. The van der Waals surface area contributed by atoms with Gasteiger partial charge < -0.3 is 5.73 Å². The molecule has 1 atom stereocenters. The molecule has 1 saturated heterocycles. The van der Waals surface area contributed by atoms with Crippen molar-refractivity contribution in [2.75, 3.05) is 19.0 Å². The Balaban J connectivity index is 2.44. The third kappa shape index (κ3) is 2.07. The molecule has 1 rings (SSSR count). The maximum atomic E-state index is 10.8. The van der Waals surface area contributed by atoms with E-state index in [-0.39, 0.29) is 11.9 Å². The molecule has 1 fully saturated rings. The Morgan fingerprint density at radius 1 is 1.73 bits per heavy atom. The van der Waals surface area contributed by atoms with Gasteiger partial charge in [-0.25, -0.2) is 0 Å². The molecule has 0 aliphatic carbocycles. The first-order chi connectivity index (χ1) is 5.25. The van der Waals surface area contributed by atoms with Crippen LogP contribution in [0.5, 0.6) is 0 Å². The van der Waals surface area contributed by atoms with E-state index in [0.29, 0.717) is 5.88 Å². The Bertz CT molecular complexity index is 151. The van der Waals surface area contributed by atoms with Gasteiger partial charge in [-0.3, -0.25) is 9.69 Å². The molecule has 0 bridgehead atoms. The van der Waals surface area contributed by atoms with Gasteiger partial charge in [0.05, 0.1) is 6.04 Å². The molecule has 0 saturated carbocycles. The molecule has 1 aliphatic rings. The fourth-order valence-electron chi connectivity index (χ4n) is 1.52. The monoisotopic (exact) mass is 176 g/mol. The highest BCUT2D eigenvalue weighted by Crippen LogP contribution is 2.15. The van der Waals surface area contributed by atoms with Crippen molar-refractivity contribution >= 4 is 17.5 Å². The van der Waals surface area contributed by atoms with Crippen molar-refractivity contribution in [3.8, 4) is 0 Å². The zero-order valence-corrected chi connectivity index (χ0v) is 7.18. The molecule has 1 amide bonds. The lowest BCUT2D eigenvalue weighted by Gasteiger charge is -2.19. The van der Waals surface area contributed by atoms with E-state index in [2.05, 4.69) is 4.90 Å². The fourth-order valence-corrected chi connectivity index (χ4v) is 1.74. The second kappa shape index (κ2) is 3.93. The highest BCUT2D eigenvalue weighted by molar-refractivity contribution is 6.18. The zero-order valence-electron chi connectivity index (χ0n) is 6.42. The van der Waals surface area contributed by atoms with Gasteiger partial charge in [0.25, 0.3) is 0 Å². The molecular weight excluding hydrogens is 164 g/mol. The van der Waals surface area contributed by atoms with Crippen LogP contribution in [0.25, 0.3) is 0 Å². The summed E-state index contributed by atoms with van der Waals surface area (Å²) < 4.78 is 0. The topological polar surface area (TPSA) is 46.3 Å². The molecule has 1 unspecified atom stereocenters. The summed E-state index contributed by atoms with van der Waals surface area (Å²) in [6.07, 6.45) is 1.96. The molecule has 1 heterocycles. The van der Waals surface area contributed by atoms with Crippen LogP contribution in [0.1, 0.15) is 12.8 Å². The number of primary amides is 1. The first-order valence-corrected chi connectivity index (χ1v) is 4.38. The number of hydrogen-bond acceptors (Lipinski definition) is 2. The number of alkyl halides is 1. The number of nitrogens with zero attached hydrogens (tertiary/aromatic N) is 1. The Labute approximate surface area is 71.5 Å². The number of likely N-dealkylation sites (tertiary alicyclic amines) is 1. The molecule has 3 nitrogen and oxygen atoms in total. The molecular formula is C7H13ClN2O. The van der Waals surface area contributed by atoms with Crippen molar-refractivity contribution in [3.63, 3.8) is 0 Å². The van der Waals surface area contributed by atoms with Crippen LogP contribution in [-0.2, 0) is 4.79 Å². The summed E-state index contributed by atoms with van der Waals surface area (Å²) >= 11 is 5.56. The number of rotatable bonds is 3. The third-order valence-electron chi connectivity index (χ3n) is 2.06. The van der Waals surface area contributed by atoms with Crippen LogP contribution in [0, 0.1) is 0 Å². The van der Waals surface area contributed by atoms with Crippen molar-refractivity contribution in [2.45, 2.75) is 18.9 Å². The molecule has 0 aromatic heterocycles. The highest BCUT2D eigenvalue weighted by atomic mass is 35.5. The van der Waals surface area contributed by atoms with Gasteiger partial charge >= 0.3 is 0 Å². The average Bonchev–Trinajstić information content (AvgIpc) is 2.36. The van der Waals surface area contributed by atoms with Crippen molar-refractivity contribution in [3.05, 3.63) is 0 Å². The van der Waals surface area contributed by atoms with Gasteiger partial charge in [-0.1, -0.05) is 0 Å². The van der Waals surface area contributed by atoms with Crippen molar-refractivity contribution < 1.29 is 4.79 Å². The van der Waals surface area contributed by atoms with Crippen LogP contribution >= 0.6 is 11.6 Å². The van der Waals surface area contributed by atoms with Gasteiger partial charge in [0.1, 0.15) is 0 Å². The minimum Gasteiger partial charge on any atom is -0.368 e. The number of nitrogens with two attached hydrogens (primary N) is 1. The first-order valence-electron chi connectivity index (χ1n) is 3.85. The fraction of sp³-hybridized carbons (Fsp3) is 0.857. The molecule has 0 spiro atoms. The minimum atomic E-state index is -0.215. The van der Waals surface area contributed by atoms with Crippen LogP contribution in [0.2, 0.25) is 0 Å². The molecule has 1 aliphatic heterocycles. The van der Waals surface area contributed by atoms with Crippen LogP contribution < -0.4 is 5.73 Å². The summed E-state index contributed by atoms with van der Waals surface area (Å²) in [5, 5.41) is 0. The van der Waals surface area contributed by atoms with Crippen LogP contribution in [0.15, 0.2) is 0 Å². The van der Waals surface area contributed by atoms with Gasteiger partial charge in [-0.2, -0.15) is 0 Å². The maximum absolute atomic E-state index is 10.8. The Hall–Kier alpha value is -0.280. The Morgan fingerprint density at radius 2 is 2.45 bits per heavy atom.